The first-order valence-corrected chi connectivity index (χ1v) is 20.7. The van der Waals surface area contributed by atoms with Crippen molar-refractivity contribution >= 4 is 23.2 Å². The summed E-state index contributed by atoms with van der Waals surface area (Å²) >= 11 is 0. The van der Waals surface area contributed by atoms with E-state index in [-0.39, 0.29) is 36.7 Å². The number of carbonyl (C=O) groups is 2. The van der Waals surface area contributed by atoms with Crippen LogP contribution in [-0.2, 0) is 32.2 Å². The monoisotopic (exact) mass is 798 g/mol. The number of carbonyl (C=O) groups excluding carboxylic acids is 2. The number of nitrogens with zero attached hydrogens (tertiary/aromatic N) is 1. The first kappa shape index (κ1) is 43.2. The first-order chi connectivity index (χ1) is 28.7. The van der Waals surface area contributed by atoms with Crippen LogP contribution in [0.15, 0.2) is 127 Å². The molecule has 0 saturated carbocycles. The summed E-state index contributed by atoms with van der Waals surface area (Å²) in [5.74, 6) is -0.0529. The fourth-order valence-electron chi connectivity index (χ4n) is 7.50. The van der Waals surface area contributed by atoms with Gasteiger partial charge in [-0.25, -0.2) is 0 Å². The molecular formula is C49H58N4O6. The van der Waals surface area contributed by atoms with Gasteiger partial charge in [0.25, 0.3) is 0 Å². The number of hydrogen-bond donors (Lipinski definition) is 5. The molecule has 310 valence electrons. The van der Waals surface area contributed by atoms with Gasteiger partial charge in [-0.3, -0.25) is 14.5 Å². The van der Waals surface area contributed by atoms with Crippen LogP contribution in [0, 0.1) is 0 Å². The number of aliphatic hydroxyl groups excluding tert-OH is 2. The van der Waals surface area contributed by atoms with Gasteiger partial charge in [-0.05, 0) is 72.3 Å². The van der Waals surface area contributed by atoms with Crippen LogP contribution in [-0.4, -0.2) is 52.7 Å². The van der Waals surface area contributed by atoms with Crippen molar-refractivity contribution in [3.8, 4) is 11.1 Å². The smallest absolute Gasteiger partial charge is 0.224 e. The van der Waals surface area contributed by atoms with Crippen molar-refractivity contribution in [2.75, 3.05) is 24.6 Å². The number of para-hydroxylation sites is 2. The fraction of sp³-hybridized carbons (Fsp3) is 0.347. The van der Waals surface area contributed by atoms with Crippen LogP contribution in [0.4, 0.5) is 11.4 Å². The van der Waals surface area contributed by atoms with Gasteiger partial charge < -0.3 is 36.1 Å². The van der Waals surface area contributed by atoms with Crippen LogP contribution in [0.25, 0.3) is 11.1 Å². The van der Waals surface area contributed by atoms with E-state index in [1.54, 1.807) is 12.1 Å². The number of benzene rings is 5. The Kier molecular flexibility index (Phi) is 15.8. The third-order valence-electron chi connectivity index (χ3n) is 11.2. The van der Waals surface area contributed by atoms with Crippen LogP contribution in [0.1, 0.15) is 98.2 Å². The van der Waals surface area contributed by atoms with Crippen molar-refractivity contribution in [1.82, 2.24) is 10.2 Å². The summed E-state index contributed by atoms with van der Waals surface area (Å²) < 4.78 is 13.3. The zero-order valence-electron chi connectivity index (χ0n) is 34.1. The summed E-state index contributed by atoms with van der Waals surface area (Å²) in [7, 11) is 2.01. The second-order valence-corrected chi connectivity index (χ2v) is 15.5. The number of nitrogens with two attached hydrogens (primary N) is 1. The minimum Gasteiger partial charge on any atom is -0.397 e. The number of unbranched alkanes of at least 4 members (excludes halogenated alkanes) is 3. The molecule has 59 heavy (non-hydrogen) atoms. The van der Waals surface area contributed by atoms with E-state index < -0.39 is 12.4 Å². The summed E-state index contributed by atoms with van der Waals surface area (Å²) in [4.78, 5) is 27.2. The molecule has 2 amide bonds. The van der Waals surface area contributed by atoms with Gasteiger partial charge in [-0.1, -0.05) is 128 Å². The molecule has 5 unspecified atom stereocenters. The molecule has 5 aromatic rings. The maximum absolute atomic E-state index is 12.8. The Hall–Kier alpha value is -5.36. The first-order valence-electron chi connectivity index (χ1n) is 20.7. The molecule has 0 bridgehead atoms. The van der Waals surface area contributed by atoms with E-state index in [1.165, 1.54) is 0 Å². The van der Waals surface area contributed by atoms with Crippen LogP contribution in [0.3, 0.4) is 0 Å². The van der Waals surface area contributed by atoms with Crippen LogP contribution in [0.5, 0.6) is 0 Å². The lowest BCUT2D eigenvalue weighted by Crippen LogP contribution is -2.43. The average Bonchev–Trinajstić information content (AvgIpc) is 3.27. The number of anilines is 2. The highest BCUT2D eigenvalue weighted by Gasteiger charge is 2.34. The summed E-state index contributed by atoms with van der Waals surface area (Å²) in [5.41, 5.74) is 13.8. The minimum atomic E-state index is -0.646. The van der Waals surface area contributed by atoms with E-state index >= 15 is 0 Å². The van der Waals surface area contributed by atoms with Crippen molar-refractivity contribution in [2.24, 2.45) is 0 Å². The fourth-order valence-corrected chi connectivity index (χ4v) is 7.50. The third kappa shape index (κ3) is 12.3. The zero-order chi connectivity index (χ0) is 41.6. The van der Waals surface area contributed by atoms with Gasteiger partial charge in [-0.2, -0.15) is 0 Å². The Morgan fingerprint density at radius 3 is 2.14 bits per heavy atom. The largest absolute Gasteiger partial charge is 0.397 e. The van der Waals surface area contributed by atoms with Crippen LogP contribution >= 0.6 is 0 Å². The molecule has 10 heteroatoms. The number of hydrogen-bond acceptors (Lipinski definition) is 8. The maximum Gasteiger partial charge on any atom is 0.224 e. The van der Waals surface area contributed by atoms with Gasteiger partial charge in [0.1, 0.15) is 0 Å². The van der Waals surface area contributed by atoms with Crippen LogP contribution in [0.2, 0.25) is 0 Å². The van der Waals surface area contributed by atoms with E-state index in [9.17, 15) is 19.8 Å². The molecule has 1 aliphatic rings. The molecule has 0 aromatic heterocycles. The summed E-state index contributed by atoms with van der Waals surface area (Å²) in [6, 6.07) is 40.9. The van der Waals surface area contributed by atoms with Crippen molar-refractivity contribution in [1.29, 1.82) is 0 Å². The maximum atomic E-state index is 12.8. The zero-order valence-corrected chi connectivity index (χ0v) is 34.1. The van der Waals surface area contributed by atoms with Gasteiger partial charge in [0, 0.05) is 44.0 Å². The summed E-state index contributed by atoms with van der Waals surface area (Å²) in [5, 5.41) is 26.7. The van der Waals surface area contributed by atoms with Gasteiger partial charge in [0.05, 0.1) is 36.3 Å². The van der Waals surface area contributed by atoms with E-state index in [1.807, 2.05) is 111 Å². The van der Waals surface area contributed by atoms with Crippen LogP contribution < -0.4 is 16.4 Å². The number of amides is 2. The van der Waals surface area contributed by atoms with Gasteiger partial charge in [0.15, 0.2) is 6.29 Å². The molecule has 6 N–H and O–H groups in total. The van der Waals surface area contributed by atoms with Gasteiger partial charge in [-0.15, -0.1) is 0 Å². The predicted molar refractivity (Wildman–Crippen MR) is 233 cm³/mol. The van der Waals surface area contributed by atoms with Gasteiger partial charge >= 0.3 is 0 Å². The molecule has 5 atom stereocenters. The lowest BCUT2D eigenvalue weighted by atomic mass is 9.97. The second kappa shape index (κ2) is 21.6. The number of nitrogen functional groups attached to an aromatic ring is 1. The van der Waals surface area contributed by atoms with Gasteiger partial charge in [0.2, 0.25) is 11.8 Å². The Morgan fingerprint density at radius 2 is 1.42 bits per heavy atom. The highest BCUT2D eigenvalue weighted by atomic mass is 16.7. The number of nitrogens with one attached hydrogen (secondary N) is 2. The van der Waals surface area contributed by atoms with Crippen molar-refractivity contribution < 1.29 is 29.3 Å². The number of ether oxygens (including phenoxy) is 2. The molecule has 1 aliphatic heterocycles. The lowest BCUT2D eigenvalue weighted by molar-refractivity contribution is -0.253. The highest BCUT2D eigenvalue weighted by Crippen LogP contribution is 2.39. The molecule has 0 aliphatic carbocycles. The Labute approximate surface area is 348 Å². The lowest BCUT2D eigenvalue weighted by Gasteiger charge is -2.39. The van der Waals surface area contributed by atoms with Crippen molar-refractivity contribution in [2.45, 2.75) is 95.7 Å². The molecule has 1 fully saturated rings. The van der Waals surface area contributed by atoms with E-state index in [2.05, 4.69) is 33.7 Å². The van der Waals surface area contributed by atoms with Crippen molar-refractivity contribution in [3.05, 3.63) is 155 Å². The molecule has 6 rings (SSSR count). The molecule has 0 radical (unpaired) electrons. The molecule has 10 nitrogen and oxygen atoms in total. The standard InChI is InChI=1S/C49H58N4O6/c1-34(48(57)38-14-6-5-7-15-38)53(2)32-41-30-45(37-24-22-35(33-54)23-25-37)59-49(58-41)39-28-26-36(27-29-39)42-17-11-10-16-40(42)31-51-46(55)20-8-3-4-9-21-47(56)52-44-19-13-12-18-43(44)50/h5-7,10-19,22-29,34,41,45,48-49,54,57H,3-4,8-9,20-21,30-33,50H2,1-2H3,(H,51,55)(H,52,56). The predicted octanol–water partition coefficient (Wildman–Crippen LogP) is 8.62. The molecule has 0 spiro atoms. The quantitative estimate of drug-likeness (QED) is 0.0413. The normalized spacial score (nSPS) is 17.6. The minimum absolute atomic E-state index is 0.00349. The second-order valence-electron chi connectivity index (χ2n) is 15.5. The Bertz CT molecular complexity index is 2080. The number of aliphatic hydroxyl groups is 2. The molecule has 1 heterocycles. The summed E-state index contributed by atoms with van der Waals surface area (Å²) in [6.07, 6.45) is 3.06. The Morgan fingerprint density at radius 1 is 0.780 bits per heavy atom. The Balaban J connectivity index is 1.03. The van der Waals surface area contributed by atoms with E-state index in [0.717, 1.165) is 64.6 Å². The molecule has 5 aromatic carbocycles. The average molecular weight is 799 g/mol. The molecular weight excluding hydrogens is 741 g/mol. The number of rotatable bonds is 19. The topological polar surface area (TPSA) is 146 Å². The number of likely N-dealkylation sites (N-methyl/N-ethyl adjacent to an activating group) is 1. The van der Waals surface area contributed by atoms with Crippen molar-refractivity contribution in [3.63, 3.8) is 0 Å². The van der Waals surface area contributed by atoms with E-state index in [0.29, 0.717) is 43.7 Å². The third-order valence-corrected chi connectivity index (χ3v) is 11.2. The SMILES string of the molecule is CC(C(O)c1ccccc1)N(C)CC1CC(c2ccc(CO)cc2)OC(c2ccc(-c3ccccc3CNC(=O)CCCCCCC(=O)Nc3ccccc3N)cc2)O1. The van der Waals surface area contributed by atoms with E-state index in [4.69, 9.17) is 15.2 Å². The summed E-state index contributed by atoms with van der Waals surface area (Å²) in [6.45, 7) is 3.01. The molecule has 1 saturated heterocycles. The highest BCUT2D eigenvalue weighted by molar-refractivity contribution is 5.93.